The van der Waals surface area contributed by atoms with Crippen LogP contribution >= 0.6 is 0 Å². The summed E-state index contributed by atoms with van der Waals surface area (Å²) < 4.78 is 0. The zero-order valence-electron chi connectivity index (χ0n) is 7.92. The van der Waals surface area contributed by atoms with Gasteiger partial charge in [0.1, 0.15) is 0 Å². The van der Waals surface area contributed by atoms with Crippen LogP contribution in [0.5, 0.6) is 0 Å². The maximum absolute atomic E-state index is 11.5. The maximum Gasteiger partial charge on any atom is 0.239 e. The van der Waals surface area contributed by atoms with E-state index in [2.05, 4.69) is 13.8 Å². The molecule has 70 valence electrons. The van der Waals surface area contributed by atoms with E-state index in [0.717, 1.165) is 25.8 Å². The summed E-state index contributed by atoms with van der Waals surface area (Å²) in [5.41, 5.74) is 5.62. The van der Waals surface area contributed by atoms with Gasteiger partial charge in [0.2, 0.25) is 5.91 Å². The molecule has 1 fully saturated rings. The lowest BCUT2D eigenvalue weighted by atomic mass is 10.1. The van der Waals surface area contributed by atoms with E-state index in [4.69, 9.17) is 5.73 Å². The molecule has 1 atom stereocenters. The minimum Gasteiger partial charge on any atom is -0.338 e. The average molecular weight is 170 g/mol. The van der Waals surface area contributed by atoms with Crippen molar-refractivity contribution >= 4 is 5.91 Å². The van der Waals surface area contributed by atoms with E-state index in [0.29, 0.717) is 6.04 Å². The molecule has 0 aliphatic carbocycles. The molecule has 0 spiro atoms. The van der Waals surface area contributed by atoms with Crippen molar-refractivity contribution in [3.05, 3.63) is 0 Å². The van der Waals surface area contributed by atoms with Gasteiger partial charge in [-0.3, -0.25) is 4.79 Å². The number of hydrogen-bond acceptors (Lipinski definition) is 2. The van der Waals surface area contributed by atoms with E-state index in [1.807, 2.05) is 4.90 Å². The summed E-state index contributed by atoms with van der Waals surface area (Å²) >= 11 is 0. The van der Waals surface area contributed by atoms with Crippen LogP contribution in [0.25, 0.3) is 0 Å². The first-order chi connectivity index (χ1) is 5.70. The monoisotopic (exact) mass is 170 g/mol. The van der Waals surface area contributed by atoms with Gasteiger partial charge in [-0.25, -0.2) is 0 Å². The molecule has 3 nitrogen and oxygen atoms in total. The smallest absolute Gasteiger partial charge is 0.239 e. The predicted octanol–water partition coefficient (Wildman–Crippen LogP) is 0.735. The molecule has 0 radical (unpaired) electrons. The maximum atomic E-state index is 11.5. The fourth-order valence-corrected chi connectivity index (χ4v) is 1.82. The summed E-state index contributed by atoms with van der Waals surface area (Å²) in [6, 6.07) is 0.177. The van der Waals surface area contributed by atoms with Crippen LogP contribution in [0.2, 0.25) is 0 Å². The molecule has 1 heterocycles. The van der Waals surface area contributed by atoms with Gasteiger partial charge in [0.25, 0.3) is 0 Å². The Hall–Kier alpha value is -0.570. The number of rotatable bonds is 3. The molecule has 0 aromatic rings. The van der Waals surface area contributed by atoms with Gasteiger partial charge in [-0.2, -0.15) is 0 Å². The minimum atomic E-state index is -0.231. The first-order valence-electron chi connectivity index (χ1n) is 4.76. The molecule has 1 unspecified atom stereocenters. The number of hydrogen-bond donors (Lipinski definition) is 1. The van der Waals surface area contributed by atoms with Gasteiger partial charge in [0.05, 0.1) is 6.04 Å². The number of amides is 1. The van der Waals surface area contributed by atoms with Crippen LogP contribution < -0.4 is 5.73 Å². The molecule has 3 heteroatoms. The molecule has 1 aliphatic rings. The van der Waals surface area contributed by atoms with Crippen LogP contribution in [-0.2, 0) is 4.79 Å². The van der Waals surface area contributed by atoms with Crippen molar-refractivity contribution in [3.8, 4) is 0 Å². The third-order valence-electron chi connectivity index (χ3n) is 2.66. The van der Waals surface area contributed by atoms with Crippen molar-refractivity contribution in [3.63, 3.8) is 0 Å². The summed E-state index contributed by atoms with van der Waals surface area (Å²) in [5, 5.41) is 0. The topological polar surface area (TPSA) is 46.3 Å². The highest BCUT2D eigenvalue weighted by Crippen LogP contribution is 2.16. The lowest BCUT2D eigenvalue weighted by molar-refractivity contribution is -0.130. The second-order valence-corrected chi connectivity index (χ2v) is 3.40. The highest BCUT2D eigenvalue weighted by Gasteiger charge is 2.31. The van der Waals surface area contributed by atoms with Gasteiger partial charge >= 0.3 is 0 Å². The van der Waals surface area contributed by atoms with E-state index in [1.54, 1.807) is 0 Å². The molecule has 1 aliphatic heterocycles. The summed E-state index contributed by atoms with van der Waals surface area (Å²) in [6.45, 7) is 5.09. The van der Waals surface area contributed by atoms with Crippen LogP contribution in [0.3, 0.4) is 0 Å². The number of likely N-dealkylation sites (tertiary alicyclic amines) is 1. The fourth-order valence-electron chi connectivity index (χ4n) is 1.82. The Labute approximate surface area is 73.9 Å². The Balaban J connectivity index is 2.57. The van der Waals surface area contributed by atoms with E-state index in [9.17, 15) is 4.79 Å². The molecule has 0 aromatic carbocycles. The Kier molecular flexibility index (Phi) is 3.09. The second-order valence-electron chi connectivity index (χ2n) is 3.40. The second kappa shape index (κ2) is 3.90. The zero-order chi connectivity index (χ0) is 9.14. The van der Waals surface area contributed by atoms with Crippen molar-refractivity contribution < 1.29 is 4.79 Å². The normalized spacial score (nSPS) is 24.2. The van der Waals surface area contributed by atoms with Crippen molar-refractivity contribution in [2.24, 2.45) is 5.73 Å². The summed E-state index contributed by atoms with van der Waals surface area (Å²) in [5.74, 6) is 0.142. The molecular formula is C9H18N2O. The largest absolute Gasteiger partial charge is 0.338 e. The van der Waals surface area contributed by atoms with E-state index in [-0.39, 0.29) is 11.9 Å². The summed E-state index contributed by atoms with van der Waals surface area (Å²) in [4.78, 5) is 13.4. The van der Waals surface area contributed by atoms with Crippen molar-refractivity contribution in [1.82, 2.24) is 4.90 Å². The molecule has 1 saturated heterocycles. The van der Waals surface area contributed by atoms with Crippen LogP contribution in [0.15, 0.2) is 0 Å². The molecule has 0 saturated carbocycles. The van der Waals surface area contributed by atoms with Gasteiger partial charge in [-0.05, 0) is 19.3 Å². The molecule has 0 bridgehead atoms. The van der Waals surface area contributed by atoms with Gasteiger partial charge in [-0.15, -0.1) is 0 Å². The van der Waals surface area contributed by atoms with Crippen LogP contribution in [0.4, 0.5) is 0 Å². The zero-order valence-corrected chi connectivity index (χ0v) is 7.92. The van der Waals surface area contributed by atoms with Crippen molar-refractivity contribution in [2.75, 3.05) is 6.54 Å². The number of carbonyl (C=O) groups is 1. The number of carbonyl (C=O) groups excluding carboxylic acids is 1. The Morgan fingerprint density at radius 2 is 2.17 bits per heavy atom. The number of nitrogens with two attached hydrogens (primary N) is 1. The fraction of sp³-hybridized carbons (Fsp3) is 0.889. The van der Waals surface area contributed by atoms with E-state index >= 15 is 0 Å². The van der Waals surface area contributed by atoms with Gasteiger partial charge in [0.15, 0.2) is 0 Å². The Bertz CT molecular complexity index is 166. The SMILES string of the molecule is CCC(CC)N1CCC(N)C1=O. The molecule has 1 rings (SSSR count). The standard InChI is InChI=1S/C9H18N2O/c1-3-7(4-2)11-6-5-8(10)9(11)12/h7-8H,3-6,10H2,1-2H3. The van der Waals surface area contributed by atoms with Gasteiger partial charge in [0, 0.05) is 12.6 Å². The quantitative estimate of drug-likeness (QED) is 0.679. The summed E-state index contributed by atoms with van der Waals surface area (Å²) in [6.07, 6.45) is 2.90. The molecule has 0 aromatic heterocycles. The first kappa shape index (κ1) is 9.52. The third-order valence-corrected chi connectivity index (χ3v) is 2.66. The van der Waals surface area contributed by atoms with Crippen LogP contribution in [0.1, 0.15) is 33.1 Å². The first-order valence-corrected chi connectivity index (χ1v) is 4.76. The van der Waals surface area contributed by atoms with Gasteiger partial charge < -0.3 is 10.6 Å². The van der Waals surface area contributed by atoms with E-state index in [1.165, 1.54) is 0 Å². The molecule has 1 amide bonds. The number of nitrogens with zero attached hydrogens (tertiary/aromatic N) is 1. The lowest BCUT2D eigenvalue weighted by Gasteiger charge is -2.25. The van der Waals surface area contributed by atoms with E-state index < -0.39 is 0 Å². The average Bonchev–Trinajstić information content (AvgIpc) is 2.38. The van der Waals surface area contributed by atoms with Gasteiger partial charge in [-0.1, -0.05) is 13.8 Å². The third kappa shape index (κ3) is 1.61. The minimum absolute atomic E-state index is 0.142. The Morgan fingerprint density at radius 1 is 1.58 bits per heavy atom. The molecular weight excluding hydrogens is 152 g/mol. The van der Waals surface area contributed by atoms with Crippen molar-refractivity contribution in [1.29, 1.82) is 0 Å². The summed E-state index contributed by atoms with van der Waals surface area (Å²) in [7, 11) is 0. The highest BCUT2D eigenvalue weighted by molar-refractivity contribution is 5.83. The molecule has 12 heavy (non-hydrogen) atoms. The highest BCUT2D eigenvalue weighted by atomic mass is 16.2. The lowest BCUT2D eigenvalue weighted by Crippen LogP contribution is -2.40. The van der Waals surface area contributed by atoms with Crippen LogP contribution in [-0.4, -0.2) is 29.4 Å². The molecule has 2 N–H and O–H groups in total. The van der Waals surface area contributed by atoms with Crippen LogP contribution in [0, 0.1) is 0 Å². The Morgan fingerprint density at radius 3 is 2.50 bits per heavy atom. The predicted molar refractivity (Wildman–Crippen MR) is 48.7 cm³/mol. The van der Waals surface area contributed by atoms with Crippen molar-refractivity contribution in [2.45, 2.75) is 45.2 Å².